The number of nitrogen functional groups attached to an aromatic ring is 1. The SMILES string of the molecule is Nc1ccc(S(=O)(=O)Cc2ccc3c(c2)B(O)OC3)c(CC(=O)O)c1. The summed E-state index contributed by atoms with van der Waals surface area (Å²) in [6, 6.07) is 9.09. The topological polar surface area (TPSA) is 127 Å². The Labute approximate surface area is 145 Å². The number of hydrogen-bond acceptors (Lipinski definition) is 6. The number of benzene rings is 2. The molecule has 3 rings (SSSR count). The lowest BCUT2D eigenvalue weighted by Gasteiger charge is -2.11. The molecule has 0 aromatic heterocycles. The molecule has 0 spiro atoms. The fourth-order valence-electron chi connectivity index (χ4n) is 2.86. The summed E-state index contributed by atoms with van der Waals surface area (Å²) in [7, 11) is -4.84. The monoisotopic (exact) mass is 361 g/mol. The maximum Gasteiger partial charge on any atom is 0.491 e. The molecular formula is C16H16BNO6S. The standard InChI is InChI=1S/C16H16BNO6S/c18-13-3-4-15(12(6-13)7-16(19)20)25(22,23)9-10-1-2-11-8-24-17(21)14(11)5-10/h1-6,21H,7-9,18H2,(H,19,20). The van der Waals surface area contributed by atoms with Gasteiger partial charge in [0.05, 0.1) is 23.7 Å². The summed E-state index contributed by atoms with van der Waals surface area (Å²) >= 11 is 0. The number of nitrogens with two attached hydrogens (primary N) is 1. The van der Waals surface area contributed by atoms with Crippen molar-refractivity contribution < 1.29 is 28.0 Å². The lowest BCUT2D eigenvalue weighted by Crippen LogP contribution is -2.28. The Morgan fingerprint density at radius 2 is 2.00 bits per heavy atom. The first kappa shape index (κ1) is 17.5. The highest BCUT2D eigenvalue weighted by molar-refractivity contribution is 7.90. The van der Waals surface area contributed by atoms with Crippen molar-refractivity contribution in [2.24, 2.45) is 0 Å². The first-order valence-corrected chi connectivity index (χ1v) is 9.16. The van der Waals surface area contributed by atoms with Crippen LogP contribution < -0.4 is 11.2 Å². The van der Waals surface area contributed by atoms with Crippen molar-refractivity contribution in [3.63, 3.8) is 0 Å². The number of carboxylic acids is 1. The van der Waals surface area contributed by atoms with E-state index in [1.807, 2.05) is 0 Å². The van der Waals surface area contributed by atoms with E-state index in [2.05, 4.69) is 0 Å². The van der Waals surface area contributed by atoms with Gasteiger partial charge in [-0.3, -0.25) is 4.79 Å². The summed E-state index contributed by atoms with van der Waals surface area (Å²) in [6.07, 6.45) is -0.434. The number of carbonyl (C=O) groups is 1. The highest BCUT2D eigenvalue weighted by Gasteiger charge is 2.28. The smallest absolute Gasteiger partial charge is 0.481 e. The molecule has 0 saturated heterocycles. The summed E-state index contributed by atoms with van der Waals surface area (Å²) in [4.78, 5) is 10.9. The number of aliphatic carboxylic acids is 1. The van der Waals surface area contributed by atoms with Crippen molar-refractivity contribution in [3.05, 3.63) is 53.1 Å². The van der Waals surface area contributed by atoms with E-state index in [0.29, 0.717) is 16.7 Å². The van der Waals surface area contributed by atoms with Crippen LogP contribution in [0.15, 0.2) is 41.3 Å². The van der Waals surface area contributed by atoms with Gasteiger partial charge in [-0.2, -0.15) is 0 Å². The lowest BCUT2D eigenvalue weighted by molar-refractivity contribution is -0.136. The Balaban J connectivity index is 1.95. The Hall–Kier alpha value is -2.36. The van der Waals surface area contributed by atoms with Crippen molar-refractivity contribution in [1.29, 1.82) is 0 Å². The second-order valence-corrected chi connectivity index (χ2v) is 7.85. The molecule has 4 N–H and O–H groups in total. The molecule has 130 valence electrons. The molecule has 25 heavy (non-hydrogen) atoms. The summed E-state index contributed by atoms with van der Waals surface area (Å²) in [5.74, 6) is -1.45. The van der Waals surface area contributed by atoms with E-state index in [9.17, 15) is 18.2 Å². The minimum absolute atomic E-state index is 0.0543. The highest BCUT2D eigenvalue weighted by Crippen LogP contribution is 2.24. The molecule has 1 heterocycles. The van der Waals surface area contributed by atoms with E-state index in [0.717, 1.165) is 5.56 Å². The van der Waals surface area contributed by atoms with E-state index in [1.54, 1.807) is 18.2 Å². The molecule has 0 unspecified atom stereocenters. The maximum absolute atomic E-state index is 12.8. The van der Waals surface area contributed by atoms with E-state index >= 15 is 0 Å². The first-order chi connectivity index (χ1) is 11.8. The van der Waals surface area contributed by atoms with Crippen LogP contribution in [-0.2, 0) is 38.1 Å². The van der Waals surface area contributed by atoms with Crippen LogP contribution in [0.1, 0.15) is 16.7 Å². The number of sulfone groups is 1. The molecule has 0 amide bonds. The van der Waals surface area contributed by atoms with Gasteiger partial charge in [-0.15, -0.1) is 0 Å². The number of fused-ring (bicyclic) bond motifs is 1. The molecule has 2 aromatic carbocycles. The van der Waals surface area contributed by atoms with Gasteiger partial charge in [0.2, 0.25) is 0 Å². The molecule has 0 saturated carbocycles. The summed E-state index contributed by atoms with van der Waals surface area (Å²) in [6.45, 7) is 0.282. The van der Waals surface area contributed by atoms with Crippen LogP contribution in [0.4, 0.5) is 5.69 Å². The fourth-order valence-corrected chi connectivity index (χ4v) is 4.43. The minimum atomic E-state index is -3.78. The van der Waals surface area contributed by atoms with Gasteiger partial charge in [0, 0.05) is 5.69 Å². The van der Waals surface area contributed by atoms with Crippen LogP contribution >= 0.6 is 0 Å². The third-order valence-corrected chi connectivity index (χ3v) is 5.77. The van der Waals surface area contributed by atoms with E-state index in [4.69, 9.17) is 15.5 Å². The second kappa shape index (κ2) is 6.51. The number of hydrogen-bond donors (Lipinski definition) is 3. The number of carboxylic acid groups (broad SMARTS) is 1. The van der Waals surface area contributed by atoms with Crippen LogP contribution in [0.5, 0.6) is 0 Å². The van der Waals surface area contributed by atoms with Gasteiger partial charge in [-0.25, -0.2) is 8.42 Å². The first-order valence-electron chi connectivity index (χ1n) is 7.50. The van der Waals surface area contributed by atoms with Crippen LogP contribution in [-0.4, -0.2) is 31.6 Å². The van der Waals surface area contributed by atoms with Gasteiger partial charge in [-0.05, 0) is 40.4 Å². The molecule has 0 bridgehead atoms. The molecule has 0 radical (unpaired) electrons. The number of rotatable bonds is 5. The van der Waals surface area contributed by atoms with Gasteiger partial charge in [-0.1, -0.05) is 18.2 Å². The van der Waals surface area contributed by atoms with E-state index in [-0.39, 0.29) is 22.8 Å². The Bertz CT molecular complexity index is 944. The molecule has 0 fully saturated rings. The molecule has 9 heteroatoms. The van der Waals surface area contributed by atoms with Crippen molar-refractivity contribution in [2.75, 3.05) is 5.73 Å². The zero-order valence-electron chi connectivity index (χ0n) is 13.2. The Morgan fingerprint density at radius 1 is 1.24 bits per heavy atom. The van der Waals surface area contributed by atoms with Gasteiger partial charge in [0.25, 0.3) is 0 Å². The van der Waals surface area contributed by atoms with Crippen LogP contribution in [0, 0.1) is 0 Å². The molecule has 0 aliphatic carbocycles. The molecule has 1 aliphatic rings. The third-order valence-electron chi connectivity index (χ3n) is 3.99. The average molecular weight is 361 g/mol. The van der Waals surface area contributed by atoms with Crippen LogP contribution in [0.2, 0.25) is 0 Å². The normalized spacial score (nSPS) is 13.7. The average Bonchev–Trinajstić information content (AvgIpc) is 2.87. The van der Waals surface area contributed by atoms with Gasteiger partial charge >= 0.3 is 13.1 Å². The van der Waals surface area contributed by atoms with E-state index in [1.165, 1.54) is 18.2 Å². The largest absolute Gasteiger partial charge is 0.491 e. The van der Waals surface area contributed by atoms with Gasteiger partial charge in [0.15, 0.2) is 9.84 Å². The fraction of sp³-hybridized carbons (Fsp3) is 0.188. The molecular weight excluding hydrogens is 345 g/mol. The van der Waals surface area contributed by atoms with Crippen molar-refractivity contribution in [1.82, 2.24) is 0 Å². The van der Waals surface area contributed by atoms with Gasteiger partial charge < -0.3 is 20.5 Å². The zero-order valence-corrected chi connectivity index (χ0v) is 14.0. The molecule has 0 atom stereocenters. The van der Waals surface area contributed by atoms with Crippen molar-refractivity contribution in [3.8, 4) is 0 Å². The summed E-state index contributed by atoms with van der Waals surface area (Å²) in [5, 5.41) is 18.7. The Kier molecular flexibility index (Phi) is 4.55. The predicted octanol–water partition coefficient (Wildman–Crippen LogP) is 0.0875. The third kappa shape index (κ3) is 3.68. The number of anilines is 1. The Morgan fingerprint density at radius 3 is 2.72 bits per heavy atom. The maximum atomic E-state index is 12.8. The van der Waals surface area contributed by atoms with Crippen molar-refractivity contribution >= 4 is 34.1 Å². The lowest BCUT2D eigenvalue weighted by atomic mass is 9.79. The van der Waals surface area contributed by atoms with Crippen LogP contribution in [0.25, 0.3) is 0 Å². The molecule has 2 aromatic rings. The summed E-state index contributed by atoms with van der Waals surface area (Å²) in [5.41, 5.74) is 7.95. The summed E-state index contributed by atoms with van der Waals surface area (Å²) < 4.78 is 30.6. The molecule has 1 aliphatic heterocycles. The van der Waals surface area contributed by atoms with E-state index < -0.39 is 29.3 Å². The second-order valence-electron chi connectivity index (χ2n) is 5.89. The van der Waals surface area contributed by atoms with Crippen LogP contribution in [0.3, 0.4) is 0 Å². The minimum Gasteiger partial charge on any atom is -0.481 e. The van der Waals surface area contributed by atoms with Gasteiger partial charge in [0.1, 0.15) is 0 Å². The van der Waals surface area contributed by atoms with Crippen molar-refractivity contribution in [2.45, 2.75) is 23.7 Å². The highest BCUT2D eigenvalue weighted by atomic mass is 32.2. The zero-order chi connectivity index (χ0) is 18.2. The molecule has 7 nitrogen and oxygen atoms in total. The quantitative estimate of drug-likeness (QED) is 0.509. The predicted molar refractivity (Wildman–Crippen MR) is 91.9 cm³/mol.